The average Bonchev–Trinajstić information content (AvgIpc) is 2.90. The highest BCUT2D eigenvalue weighted by molar-refractivity contribution is 7.99. The molecule has 1 aromatic heterocycles. The lowest BCUT2D eigenvalue weighted by atomic mass is 10.1. The number of hydrogen-bond donors (Lipinski definition) is 0. The van der Waals surface area contributed by atoms with Gasteiger partial charge in [0.15, 0.2) is 11.0 Å². The van der Waals surface area contributed by atoms with Crippen LogP contribution in [0.3, 0.4) is 0 Å². The van der Waals surface area contributed by atoms with E-state index >= 15 is 0 Å². The van der Waals surface area contributed by atoms with Gasteiger partial charge in [-0.15, -0.1) is 10.2 Å². The normalized spacial score (nSPS) is 16.2. The van der Waals surface area contributed by atoms with Gasteiger partial charge in [-0.05, 0) is 25.9 Å². The molecule has 0 amide bonds. The van der Waals surface area contributed by atoms with Crippen LogP contribution in [0, 0.1) is 0 Å². The Morgan fingerprint density at radius 2 is 1.81 bits per heavy atom. The summed E-state index contributed by atoms with van der Waals surface area (Å²) in [5, 5.41) is 9.67. The highest BCUT2D eigenvalue weighted by atomic mass is 32.2. The molecule has 0 unspecified atom stereocenters. The topological polar surface area (TPSA) is 34.0 Å². The van der Waals surface area contributed by atoms with Gasteiger partial charge < -0.3 is 9.47 Å². The Bertz CT molecular complexity index is 561. The molecule has 2 heterocycles. The molecule has 1 fully saturated rings. The molecule has 112 valence electrons. The Labute approximate surface area is 130 Å². The van der Waals surface area contributed by atoms with Gasteiger partial charge in [0.25, 0.3) is 0 Å². The lowest BCUT2D eigenvalue weighted by Crippen LogP contribution is -2.31. The summed E-state index contributed by atoms with van der Waals surface area (Å²) in [5.41, 5.74) is 1.12. The number of piperidine rings is 1. The van der Waals surface area contributed by atoms with E-state index < -0.39 is 0 Å². The van der Waals surface area contributed by atoms with Crippen molar-refractivity contribution in [3.63, 3.8) is 0 Å². The maximum atomic E-state index is 4.33. The fourth-order valence-electron chi connectivity index (χ4n) is 2.73. The molecule has 0 bridgehead atoms. The average molecular weight is 302 g/mol. The Hall–Kier alpha value is -1.33. The number of thioether (sulfide) groups is 1. The molecule has 0 spiro atoms. The summed E-state index contributed by atoms with van der Waals surface area (Å²) in [6, 6.07) is 10.2. The molecule has 0 atom stereocenters. The standard InChI is InChI=1S/C16H22N4S/c1-19-15(14-8-4-2-5-9-14)17-18-16(19)21-13-12-20-10-6-3-7-11-20/h2,4-5,8-9H,3,6-7,10-13H2,1H3. The van der Waals surface area contributed by atoms with E-state index in [2.05, 4.69) is 31.8 Å². The van der Waals surface area contributed by atoms with E-state index in [0.29, 0.717) is 0 Å². The molecule has 1 aromatic carbocycles. The summed E-state index contributed by atoms with van der Waals surface area (Å²) in [7, 11) is 2.05. The smallest absolute Gasteiger partial charge is 0.191 e. The van der Waals surface area contributed by atoms with Gasteiger partial charge in [-0.1, -0.05) is 48.5 Å². The van der Waals surface area contributed by atoms with Crippen molar-refractivity contribution in [2.24, 2.45) is 7.05 Å². The Balaban J connectivity index is 1.58. The van der Waals surface area contributed by atoms with Crippen LogP contribution in [0.25, 0.3) is 11.4 Å². The van der Waals surface area contributed by atoms with Crippen molar-refractivity contribution in [3.8, 4) is 11.4 Å². The maximum Gasteiger partial charge on any atom is 0.191 e. The van der Waals surface area contributed by atoms with E-state index in [1.165, 1.54) is 32.4 Å². The predicted molar refractivity (Wildman–Crippen MR) is 87.5 cm³/mol. The summed E-state index contributed by atoms with van der Waals surface area (Å²) in [4.78, 5) is 2.56. The first-order chi connectivity index (χ1) is 10.3. The van der Waals surface area contributed by atoms with Crippen LogP contribution in [0.4, 0.5) is 0 Å². The third-order valence-electron chi connectivity index (χ3n) is 3.95. The quantitative estimate of drug-likeness (QED) is 0.795. The SMILES string of the molecule is Cn1c(SCCN2CCCCC2)nnc1-c1ccccc1. The number of rotatable bonds is 5. The Morgan fingerprint density at radius 1 is 1.05 bits per heavy atom. The molecule has 3 rings (SSSR count). The van der Waals surface area contributed by atoms with Gasteiger partial charge in [-0.2, -0.15) is 0 Å². The minimum atomic E-state index is 0.941. The van der Waals surface area contributed by atoms with E-state index in [-0.39, 0.29) is 0 Å². The second-order valence-electron chi connectivity index (χ2n) is 5.48. The predicted octanol–water partition coefficient (Wildman–Crippen LogP) is 3.06. The van der Waals surface area contributed by atoms with Crippen LogP contribution in [-0.2, 0) is 7.05 Å². The first kappa shape index (κ1) is 14.6. The Kier molecular flexibility index (Phi) is 4.93. The van der Waals surface area contributed by atoms with Gasteiger partial charge in [-0.3, -0.25) is 0 Å². The summed E-state index contributed by atoms with van der Waals surface area (Å²) in [5.74, 6) is 2.02. The molecule has 5 heteroatoms. The van der Waals surface area contributed by atoms with Crippen molar-refractivity contribution in [3.05, 3.63) is 30.3 Å². The number of benzene rings is 1. The first-order valence-corrected chi connectivity index (χ1v) is 8.63. The summed E-state index contributed by atoms with van der Waals surface area (Å²) < 4.78 is 2.09. The molecule has 1 aliphatic heterocycles. The molecular formula is C16H22N4S. The van der Waals surface area contributed by atoms with E-state index in [1.54, 1.807) is 11.8 Å². The van der Waals surface area contributed by atoms with Crippen LogP contribution in [0.2, 0.25) is 0 Å². The zero-order valence-electron chi connectivity index (χ0n) is 12.5. The molecule has 0 aliphatic carbocycles. The van der Waals surface area contributed by atoms with Crippen molar-refractivity contribution in [2.75, 3.05) is 25.4 Å². The van der Waals surface area contributed by atoms with Crippen molar-refractivity contribution < 1.29 is 0 Å². The van der Waals surface area contributed by atoms with Crippen LogP contribution in [0.15, 0.2) is 35.5 Å². The van der Waals surface area contributed by atoms with E-state index in [4.69, 9.17) is 0 Å². The van der Waals surface area contributed by atoms with Crippen molar-refractivity contribution in [2.45, 2.75) is 24.4 Å². The summed E-state index contributed by atoms with van der Waals surface area (Å²) in [6.45, 7) is 3.67. The first-order valence-electron chi connectivity index (χ1n) is 7.64. The summed E-state index contributed by atoms with van der Waals surface area (Å²) >= 11 is 1.80. The van der Waals surface area contributed by atoms with E-state index in [0.717, 1.165) is 28.8 Å². The second-order valence-corrected chi connectivity index (χ2v) is 6.54. The molecule has 1 saturated heterocycles. The van der Waals surface area contributed by atoms with Crippen LogP contribution < -0.4 is 0 Å². The number of likely N-dealkylation sites (tertiary alicyclic amines) is 1. The van der Waals surface area contributed by atoms with Gasteiger partial charge in [0.05, 0.1) is 0 Å². The second kappa shape index (κ2) is 7.09. The number of hydrogen-bond acceptors (Lipinski definition) is 4. The highest BCUT2D eigenvalue weighted by Gasteiger charge is 2.13. The largest absolute Gasteiger partial charge is 0.305 e. The fraction of sp³-hybridized carbons (Fsp3) is 0.500. The van der Waals surface area contributed by atoms with E-state index in [1.807, 2.05) is 25.2 Å². The fourth-order valence-corrected chi connectivity index (χ4v) is 3.64. The number of aromatic nitrogens is 3. The van der Waals surface area contributed by atoms with Crippen LogP contribution >= 0.6 is 11.8 Å². The Morgan fingerprint density at radius 3 is 2.57 bits per heavy atom. The minimum Gasteiger partial charge on any atom is -0.305 e. The minimum absolute atomic E-state index is 0.941. The zero-order valence-corrected chi connectivity index (χ0v) is 13.4. The van der Waals surface area contributed by atoms with E-state index in [9.17, 15) is 0 Å². The molecule has 21 heavy (non-hydrogen) atoms. The molecule has 0 radical (unpaired) electrons. The molecule has 0 saturated carbocycles. The molecule has 0 N–H and O–H groups in total. The third kappa shape index (κ3) is 3.66. The monoisotopic (exact) mass is 302 g/mol. The highest BCUT2D eigenvalue weighted by Crippen LogP contribution is 2.22. The van der Waals surface area contributed by atoms with Crippen LogP contribution in [0.1, 0.15) is 19.3 Å². The lowest BCUT2D eigenvalue weighted by molar-refractivity contribution is 0.242. The van der Waals surface area contributed by atoms with Gasteiger partial charge in [0.1, 0.15) is 0 Å². The van der Waals surface area contributed by atoms with Gasteiger partial charge >= 0.3 is 0 Å². The van der Waals surface area contributed by atoms with Gasteiger partial charge in [0.2, 0.25) is 0 Å². The molecule has 1 aliphatic rings. The van der Waals surface area contributed by atoms with Gasteiger partial charge in [-0.25, -0.2) is 0 Å². The van der Waals surface area contributed by atoms with Crippen LogP contribution in [0.5, 0.6) is 0 Å². The van der Waals surface area contributed by atoms with Crippen molar-refractivity contribution in [1.29, 1.82) is 0 Å². The van der Waals surface area contributed by atoms with Crippen molar-refractivity contribution >= 4 is 11.8 Å². The number of nitrogens with zero attached hydrogens (tertiary/aromatic N) is 4. The van der Waals surface area contributed by atoms with Crippen molar-refractivity contribution in [1.82, 2.24) is 19.7 Å². The molecular weight excluding hydrogens is 280 g/mol. The molecule has 4 nitrogen and oxygen atoms in total. The lowest BCUT2D eigenvalue weighted by Gasteiger charge is -2.25. The summed E-state index contributed by atoms with van der Waals surface area (Å²) in [6.07, 6.45) is 4.10. The maximum absolute atomic E-state index is 4.33. The van der Waals surface area contributed by atoms with Gasteiger partial charge in [0, 0.05) is 24.9 Å². The zero-order chi connectivity index (χ0) is 14.5. The molecule has 2 aromatic rings. The van der Waals surface area contributed by atoms with Crippen LogP contribution in [-0.4, -0.2) is 45.1 Å². The third-order valence-corrected chi connectivity index (χ3v) is 4.95.